The number of para-hydroxylation sites is 1. The Morgan fingerprint density at radius 1 is 1.06 bits per heavy atom. The first-order valence-electron chi connectivity index (χ1n) is 11.3. The highest BCUT2D eigenvalue weighted by Gasteiger charge is 2.34. The maximum Gasteiger partial charge on any atom is 0.247 e. The van der Waals surface area contributed by atoms with Crippen molar-refractivity contribution in [1.82, 2.24) is 4.31 Å². The highest BCUT2D eigenvalue weighted by atomic mass is 32.2. The van der Waals surface area contributed by atoms with Crippen molar-refractivity contribution in [1.29, 1.82) is 0 Å². The molecule has 33 heavy (non-hydrogen) atoms. The molecule has 0 aliphatic carbocycles. The van der Waals surface area contributed by atoms with Crippen LogP contribution < -0.4 is 9.80 Å². The van der Waals surface area contributed by atoms with E-state index in [1.165, 1.54) is 21.0 Å². The Morgan fingerprint density at radius 2 is 1.82 bits per heavy atom. The van der Waals surface area contributed by atoms with Crippen molar-refractivity contribution in [3.05, 3.63) is 48.0 Å². The molecule has 0 spiro atoms. The van der Waals surface area contributed by atoms with Gasteiger partial charge in [-0.15, -0.1) is 11.8 Å². The van der Waals surface area contributed by atoms with Gasteiger partial charge in [-0.25, -0.2) is 8.42 Å². The number of fused-ring (bicyclic) bond motifs is 2. The van der Waals surface area contributed by atoms with Gasteiger partial charge in [0.05, 0.1) is 10.6 Å². The average Bonchev–Trinajstić information content (AvgIpc) is 3.49. The molecule has 5 rings (SSSR count). The summed E-state index contributed by atoms with van der Waals surface area (Å²) < 4.78 is 27.8. The van der Waals surface area contributed by atoms with Crippen LogP contribution in [0.25, 0.3) is 0 Å². The minimum atomic E-state index is -3.63. The second kappa shape index (κ2) is 8.77. The lowest BCUT2D eigenvalue weighted by molar-refractivity contribution is -0.124. The van der Waals surface area contributed by atoms with Gasteiger partial charge in [0.1, 0.15) is 6.54 Å². The zero-order valence-corrected chi connectivity index (χ0v) is 20.2. The molecular formula is C24H27N3O4S2. The molecule has 0 aromatic heterocycles. The number of benzene rings is 2. The lowest BCUT2D eigenvalue weighted by atomic mass is 10.1. The Kier molecular flexibility index (Phi) is 5.96. The molecule has 1 saturated heterocycles. The Bertz CT molecular complexity index is 1210. The highest BCUT2D eigenvalue weighted by molar-refractivity contribution is 7.99. The molecule has 1 fully saturated rings. The lowest BCUT2D eigenvalue weighted by Crippen LogP contribution is -2.44. The summed E-state index contributed by atoms with van der Waals surface area (Å²) in [4.78, 5) is 30.9. The summed E-state index contributed by atoms with van der Waals surface area (Å²) in [7, 11) is -3.63. The largest absolute Gasteiger partial charge is 0.310 e. The number of sulfonamides is 1. The Morgan fingerprint density at radius 3 is 2.61 bits per heavy atom. The third-order valence-corrected chi connectivity index (χ3v) is 9.80. The number of carbonyl (C=O) groups is 2. The van der Waals surface area contributed by atoms with Crippen LogP contribution in [0.1, 0.15) is 25.3 Å². The van der Waals surface area contributed by atoms with Gasteiger partial charge in [-0.3, -0.25) is 9.59 Å². The van der Waals surface area contributed by atoms with E-state index in [0.29, 0.717) is 31.1 Å². The number of anilines is 2. The van der Waals surface area contributed by atoms with Crippen molar-refractivity contribution >= 4 is 45.0 Å². The number of rotatable bonds is 4. The molecule has 0 N–H and O–H groups in total. The van der Waals surface area contributed by atoms with Gasteiger partial charge >= 0.3 is 0 Å². The fraction of sp³-hybridized carbons (Fsp3) is 0.417. The number of amides is 2. The number of nitrogens with zero attached hydrogens (tertiary/aromatic N) is 3. The standard InChI is InChI=1S/C24H27N3O4S2/c1-17-16-32-22-9-8-19(33(30,31)25-11-4-5-12-25)14-21(22)27(24(17)29)15-23(28)26-13-10-18-6-2-3-7-20(18)26/h2-3,6-9,14,17H,4-5,10-13,15-16H2,1H3. The predicted molar refractivity (Wildman–Crippen MR) is 129 cm³/mol. The molecule has 1 unspecified atom stereocenters. The van der Waals surface area contributed by atoms with Gasteiger partial charge in [0, 0.05) is 41.9 Å². The van der Waals surface area contributed by atoms with E-state index < -0.39 is 10.0 Å². The van der Waals surface area contributed by atoms with Crippen molar-refractivity contribution in [2.45, 2.75) is 36.0 Å². The Hall–Kier alpha value is -2.36. The average molecular weight is 486 g/mol. The molecular weight excluding hydrogens is 458 g/mol. The normalized spacial score (nSPS) is 21.1. The number of hydrogen-bond acceptors (Lipinski definition) is 5. The fourth-order valence-electron chi connectivity index (χ4n) is 4.72. The third-order valence-electron chi connectivity index (χ3n) is 6.58. The molecule has 2 aromatic carbocycles. The van der Waals surface area contributed by atoms with Gasteiger partial charge in [0.2, 0.25) is 21.8 Å². The molecule has 3 aliphatic heterocycles. The van der Waals surface area contributed by atoms with E-state index in [2.05, 4.69) is 0 Å². The summed E-state index contributed by atoms with van der Waals surface area (Å²) in [5.74, 6) is -0.00922. The zero-order valence-electron chi connectivity index (χ0n) is 18.6. The van der Waals surface area contributed by atoms with E-state index in [4.69, 9.17) is 0 Å². The minimum Gasteiger partial charge on any atom is -0.310 e. The van der Waals surface area contributed by atoms with Gasteiger partial charge in [-0.05, 0) is 49.1 Å². The highest BCUT2D eigenvalue weighted by Crippen LogP contribution is 2.38. The van der Waals surface area contributed by atoms with Crippen molar-refractivity contribution in [2.75, 3.05) is 41.7 Å². The van der Waals surface area contributed by atoms with Gasteiger partial charge in [0.15, 0.2) is 0 Å². The molecule has 7 nitrogen and oxygen atoms in total. The molecule has 3 heterocycles. The summed E-state index contributed by atoms with van der Waals surface area (Å²) >= 11 is 1.53. The van der Waals surface area contributed by atoms with Crippen LogP contribution in [0.2, 0.25) is 0 Å². The summed E-state index contributed by atoms with van der Waals surface area (Å²) in [6.07, 6.45) is 2.50. The monoisotopic (exact) mass is 485 g/mol. The maximum atomic E-state index is 13.3. The SMILES string of the molecule is CC1CSc2ccc(S(=O)(=O)N3CCCC3)cc2N(CC(=O)N2CCc3ccccc32)C1=O. The second-order valence-electron chi connectivity index (χ2n) is 8.80. The Labute approximate surface area is 198 Å². The molecule has 3 aliphatic rings. The van der Waals surface area contributed by atoms with Gasteiger partial charge in [-0.1, -0.05) is 25.1 Å². The van der Waals surface area contributed by atoms with Crippen LogP contribution in [0.15, 0.2) is 52.3 Å². The summed E-state index contributed by atoms with van der Waals surface area (Å²) in [6.45, 7) is 3.35. The first-order valence-corrected chi connectivity index (χ1v) is 13.8. The molecule has 0 radical (unpaired) electrons. The zero-order chi connectivity index (χ0) is 23.2. The van der Waals surface area contributed by atoms with E-state index in [1.54, 1.807) is 23.1 Å². The van der Waals surface area contributed by atoms with E-state index in [1.807, 2.05) is 31.2 Å². The van der Waals surface area contributed by atoms with Crippen molar-refractivity contribution in [3.8, 4) is 0 Å². The number of carbonyl (C=O) groups excluding carboxylic acids is 2. The predicted octanol–water partition coefficient (Wildman–Crippen LogP) is 3.14. The molecule has 2 aromatic rings. The van der Waals surface area contributed by atoms with Gasteiger partial charge < -0.3 is 9.80 Å². The van der Waals surface area contributed by atoms with Crippen LogP contribution in [-0.4, -0.2) is 56.5 Å². The van der Waals surface area contributed by atoms with Crippen LogP contribution in [0.3, 0.4) is 0 Å². The van der Waals surface area contributed by atoms with Crippen LogP contribution in [0.5, 0.6) is 0 Å². The molecule has 2 amide bonds. The number of thioether (sulfide) groups is 1. The minimum absolute atomic E-state index is 0.113. The smallest absolute Gasteiger partial charge is 0.247 e. The van der Waals surface area contributed by atoms with E-state index in [9.17, 15) is 18.0 Å². The first-order chi connectivity index (χ1) is 15.9. The molecule has 1 atom stereocenters. The molecule has 0 bridgehead atoms. The summed E-state index contributed by atoms with van der Waals surface area (Å²) in [5, 5.41) is 0. The van der Waals surface area contributed by atoms with Crippen molar-refractivity contribution in [2.24, 2.45) is 5.92 Å². The van der Waals surface area contributed by atoms with E-state index >= 15 is 0 Å². The summed E-state index contributed by atoms with van der Waals surface area (Å²) in [6, 6.07) is 12.8. The van der Waals surface area contributed by atoms with Crippen LogP contribution in [0, 0.1) is 5.92 Å². The van der Waals surface area contributed by atoms with E-state index in [0.717, 1.165) is 35.4 Å². The topological polar surface area (TPSA) is 78.0 Å². The molecule has 9 heteroatoms. The van der Waals surface area contributed by atoms with Crippen molar-refractivity contribution < 1.29 is 18.0 Å². The lowest BCUT2D eigenvalue weighted by Gasteiger charge is -2.27. The first kappa shape index (κ1) is 22.4. The number of hydrogen-bond donors (Lipinski definition) is 0. The molecule has 0 saturated carbocycles. The Balaban J connectivity index is 1.49. The third kappa shape index (κ3) is 4.06. The second-order valence-corrected chi connectivity index (χ2v) is 11.8. The quantitative estimate of drug-likeness (QED) is 0.665. The van der Waals surface area contributed by atoms with Crippen LogP contribution >= 0.6 is 11.8 Å². The van der Waals surface area contributed by atoms with Gasteiger partial charge in [0.25, 0.3) is 0 Å². The summed E-state index contributed by atoms with van der Waals surface area (Å²) in [5.41, 5.74) is 2.52. The fourth-order valence-corrected chi connectivity index (χ4v) is 7.31. The van der Waals surface area contributed by atoms with Crippen LogP contribution in [0.4, 0.5) is 11.4 Å². The van der Waals surface area contributed by atoms with Crippen molar-refractivity contribution in [3.63, 3.8) is 0 Å². The molecule has 174 valence electrons. The van der Waals surface area contributed by atoms with E-state index in [-0.39, 0.29) is 29.2 Å². The van der Waals surface area contributed by atoms with Crippen LogP contribution in [-0.2, 0) is 26.0 Å². The maximum absolute atomic E-state index is 13.3. The van der Waals surface area contributed by atoms with Gasteiger partial charge in [-0.2, -0.15) is 4.31 Å².